The molecule has 1 aromatic heterocycles. The predicted molar refractivity (Wildman–Crippen MR) is 41.6 cm³/mol. The minimum absolute atomic E-state index is 0.237. The lowest BCUT2D eigenvalue weighted by Crippen LogP contribution is -2.23. The van der Waals surface area contributed by atoms with Crippen molar-refractivity contribution in [2.24, 2.45) is 0 Å². The first-order valence-electron chi connectivity index (χ1n) is 3.22. The standard InChI is InChI=1S/C6H8ClN3O/c1-2-8-6(11)5-9-3-4(7)10-5/h3H,2H2,1H3,(H,8,11)(H,9,10). The first-order valence-corrected chi connectivity index (χ1v) is 3.60. The number of nitrogens with one attached hydrogen (secondary N) is 2. The van der Waals surface area contributed by atoms with Crippen molar-refractivity contribution in [2.75, 3.05) is 6.54 Å². The molecule has 0 unspecified atom stereocenters. The maximum Gasteiger partial charge on any atom is 0.287 e. The van der Waals surface area contributed by atoms with Crippen LogP contribution in [0.15, 0.2) is 6.20 Å². The maximum atomic E-state index is 11.0. The zero-order valence-electron chi connectivity index (χ0n) is 6.02. The lowest BCUT2D eigenvalue weighted by molar-refractivity contribution is 0.0946. The Morgan fingerprint density at radius 3 is 3.09 bits per heavy atom. The Morgan fingerprint density at radius 2 is 2.64 bits per heavy atom. The number of halogens is 1. The summed E-state index contributed by atoms with van der Waals surface area (Å²) >= 11 is 5.51. The van der Waals surface area contributed by atoms with Crippen LogP contribution in [-0.2, 0) is 0 Å². The Balaban J connectivity index is 2.69. The van der Waals surface area contributed by atoms with Crippen molar-refractivity contribution in [2.45, 2.75) is 6.92 Å². The summed E-state index contributed by atoms with van der Waals surface area (Å²) in [6, 6.07) is 0. The number of rotatable bonds is 2. The summed E-state index contributed by atoms with van der Waals surface area (Å²) in [4.78, 5) is 17.3. The van der Waals surface area contributed by atoms with Gasteiger partial charge in [-0.3, -0.25) is 4.79 Å². The maximum absolute atomic E-state index is 11.0. The number of hydrogen-bond acceptors (Lipinski definition) is 2. The quantitative estimate of drug-likeness (QED) is 0.696. The minimum Gasteiger partial charge on any atom is -0.350 e. The zero-order valence-corrected chi connectivity index (χ0v) is 6.77. The summed E-state index contributed by atoms with van der Waals surface area (Å²) in [6.07, 6.45) is 1.39. The average molecular weight is 174 g/mol. The molecule has 11 heavy (non-hydrogen) atoms. The van der Waals surface area contributed by atoms with E-state index in [4.69, 9.17) is 11.6 Å². The van der Waals surface area contributed by atoms with Crippen LogP contribution in [0.25, 0.3) is 0 Å². The van der Waals surface area contributed by atoms with Gasteiger partial charge in [-0.1, -0.05) is 11.6 Å². The molecule has 4 nitrogen and oxygen atoms in total. The first kappa shape index (κ1) is 8.07. The molecule has 0 aromatic carbocycles. The van der Waals surface area contributed by atoms with Gasteiger partial charge in [0.15, 0.2) is 5.82 Å². The largest absolute Gasteiger partial charge is 0.350 e. The molecule has 2 N–H and O–H groups in total. The molecule has 0 saturated carbocycles. The SMILES string of the molecule is CCNC(=O)c1ncc(Cl)[nH]1. The molecule has 1 aromatic rings. The molecular formula is C6H8ClN3O. The number of hydrogen-bond donors (Lipinski definition) is 2. The van der Waals surface area contributed by atoms with Gasteiger partial charge in [-0.25, -0.2) is 4.98 Å². The first-order chi connectivity index (χ1) is 5.24. The van der Waals surface area contributed by atoms with E-state index in [2.05, 4.69) is 15.3 Å². The van der Waals surface area contributed by atoms with E-state index in [1.54, 1.807) is 0 Å². The topological polar surface area (TPSA) is 57.8 Å². The Kier molecular flexibility index (Phi) is 2.48. The molecule has 0 bridgehead atoms. The highest BCUT2D eigenvalue weighted by molar-refractivity contribution is 6.29. The van der Waals surface area contributed by atoms with E-state index >= 15 is 0 Å². The van der Waals surface area contributed by atoms with E-state index in [0.717, 1.165) is 0 Å². The van der Waals surface area contributed by atoms with Crippen LogP contribution < -0.4 is 5.32 Å². The summed E-state index contributed by atoms with van der Waals surface area (Å²) in [5.41, 5.74) is 0. The van der Waals surface area contributed by atoms with Gasteiger partial charge in [-0.05, 0) is 6.92 Å². The van der Waals surface area contributed by atoms with E-state index in [1.165, 1.54) is 6.20 Å². The smallest absolute Gasteiger partial charge is 0.287 e. The van der Waals surface area contributed by atoms with Crippen LogP contribution in [0.4, 0.5) is 0 Å². The van der Waals surface area contributed by atoms with Crippen molar-refractivity contribution in [1.29, 1.82) is 0 Å². The third-order valence-corrected chi connectivity index (χ3v) is 1.29. The number of aromatic amines is 1. The second-order valence-electron chi connectivity index (χ2n) is 1.94. The van der Waals surface area contributed by atoms with Crippen LogP contribution in [0.1, 0.15) is 17.5 Å². The molecule has 5 heteroatoms. The molecule has 0 aliphatic rings. The number of aromatic nitrogens is 2. The summed E-state index contributed by atoms with van der Waals surface area (Å²) in [7, 11) is 0. The lowest BCUT2D eigenvalue weighted by Gasteiger charge is -1.95. The highest BCUT2D eigenvalue weighted by Gasteiger charge is 2.06. The van der Waals surface area contributed by atoms with Gasteiger partial charge in [0.2, 0.25) is 0 Å². The second kappa shape index (κ2) is 3.39. The molecule has 0 spiro atoms. The summed E-state index contributed by atoms with van der Waals surface area (Å²) < 4.78 is 0. The number of carbonyl (C=O) groups excluding carboxylic acids is 1. The molecule has 0 atom stereocenters. The molecular weight excluding hydrogens is 166 g/mol. The number of carbonyl (C=O) groups is 1. The molecule has 0 fully saturated rings. The number of amides is 1. The molecule has 0 aliphatic carbocycles. The van der Waals surface area contributed by atoms with Crippen LogP contribution >= 0.6 is 11.6 Å². The van der Waals surface area contributed by atoms with Gasteiger partial charge < -0.3 is 10.3 Å². The Labute approximate surface area is 69.0 Å². The van der Waals surface area contributed by atoms with Crippen LogP contribution in [0.5, 0.6) is 0 Å². The summed E-state index contributed by atoms with van der Waals surface area (Å²) in [5.74, 6) is 0.0104. The van der Waals surface area contributed by atoms with Crippen molar-refractivity contribution >= 4 is 17.5 Å². The molecule has 0 saturated heterocycles. The predicted octanol–water partition coefficient (Wildman–Crippen LogP) is 0.813. The van der Waals surface area contributed by atoms with Gasteiger partial charge in [0.05, 0.1) is 6.20 Å². The molecule has 0 radical (unpaired) electrons. The molecule has 0 aliphatic heterocycles. The molecule has 1 amide bonds. The minimum atomic E-state index is -0.237. The third kappa shape index (κ3) is 1.94. The zero-order chi connectivity index (χ0) is 8.27. The lowest BCUT2D eigenvalue weighted by atomic mass is 10.5. The summed E-state index contributed by atoms with van der Waals surface area (Å²) in [5, 5.41) is 2.95. The van der Waals surface area contributed by atoms with Crippen molar-refractivity contribution < 1.29 is 4.79 Å². The van der Waals surface area contributed by atoms with E-state index in [-0.39, 0.29) is 11.7 Å². The Bertz CT molecular complexity index is 258. The monoisotopic (exact) mass is 173 g/mol. The van der Waals surface area contributed by atoms with Crippen molar-refractivity contribution in [3.05, 3.63) is 17.2 Å². The van der Waals surface area contributed by atoms with E-state index < -0.39 is 0 Å². The van der Waals surface area contributed by atoms with Gasteiger partial charge in [-0.2, -0.15) is 0 Å². The fraction of sp³-hybridized carbons (Fsp3) is 0.333. The van der Waals surface area contributed by atoms with Gasteiger partial charge in [0, 0.05) is 6.54 Å². The average Bonchev–Trinajstić information content (AvgIpc) is 2.36. The highest BCUT2D eigenvalue weighted by Crippen LogP contribution is 2.02. The van der Waals surface area contributed by atoms with Crippen LogP contribution in [0.2, 0.25) is 5.15 Å². The summed E-state index contributed by atoms with van der Waals surface area (Å²) in [6.45, 7) is 2.42. The van der Waals surface area contributed by atoms with Crippen molar-refractivity contribution in [3.8, 4) is 0 Å². The van der Waals surface area contributed by atoms with Crippen molar-refractivity contribution in [1.82, 2.24) is 15.3 Å². The van der Waals surface area contributed by atoms with E-state index in [1.807, 2.05) is 6.92 Å². The van der Waals surface area contributed by atoms with Gasteiger partial charge >= 0.3 is 0 Å². The Hall–Kier alpha value is -1.03. The molecule has 60 valence electrons. The van der Waals surface area contributed by atoms with Gasteiger partial charge in [-0.15, -0.1) is 0 Å². The number of imidazole rings is 1. The number of H-pyrrole nitrogens is 1. The highest BCUT2D eigenvalue weighted by atomic mass is 35.5. The fourth-order valence-electron chi connectivity index (χ4n) is 0.659. The van der Waals surface area contributed by atoms with Crippen molar-refractivity contribution in [3.63, 3.8) is 0 Å². The third-order valence-electron chi connectivity index (χ3n) is 1.10. The van der Waals surface area contributed by atoms with Crippen LogP contribution in [0.3, 0.4) is 0 Å². The van der Waals surface area contributed by atoms with E-state index in [0.29, 0.717) is 11.7 Å². The Morgan fingerprint density at radius 1 is 1.91 bits per heavy atom. The molecule has 1 heterocycles. The second-order valence-corrected chi connectivity index (χ2v) is 2.35. The van der Waals surface area contributed by atoms with Crippen LogP contribution in [0, 0.1) is 0 Å². The molecule has 1 rings (SSSR count). The normalized spacial score (nSPS) is 9.64. The van der Waals surface area contributed by atoms with Gasteiger partial charge in [0.1, 0.15) is 5.15 Å². The number of nitrogens with zero attached hydrogens (tertiary/aromatic N) is 1. The van der Waals surface area contributed by atoms with Gasteiger partial charge in [0.25, 0.3) is 5.91 Å². The fourth-order valence-corrected chi connectivity index (χ4v) is 0.797. The van der Waals surface area contributed by atoms with Crippen LogP contribution in [-0.4, -0.2) is 22.4 Å². The van der Waals surface area contributed by atoms with E-state index in [9.17, 15) is 4.79 Å².